The van der Waals surface area contributed by atoms with Gasteiger partial charge in [-0.3, -0.25) is 18.9 Å². The number of hydrogen-bond acceptors (Lipinski definition) is 8. The molecule has 0 aliphatic carbocycles. The Balaban J connectivity index is 1.52. The van der Waals surface area contributed by atoms with E-state index < -0.39 is 0 Å². The Hall–Kier alpha value is -3.37. The molecule has 1 amide bonds. The number of carbonyl (C=O) groups excluding carboxylic acids is 1. The van der Waals surface area contributed by atoms with Crippen LogP contribution in [0.3, 0.4) is 0 Å². The van der Waals surface area contributed by atoms with Crippen LogP contribution in [0.25, 0.3) is 11.7 Å². The number of amides is 1. The van der Waals surface area contributed by atoms with E-state index in [2.05, 4.69) is 9.80 Å². The van der Waals surface area contributed by atoms with Gasteiger partial charge in [-0.05, 0) is 30.3 Å². The first-order valence-corrected chi connectivity index (χ1v) is 12.1. The van der Waals surface area contributed by atoms with Crippen molar-refractivity contribution < 1.29 is 9.53 Å². The van der Waals surface area contributed by atoms with Crippen molar-refractivity contribution in [2.75, 3.05) is 50.1 Å². The second-order valence-electron chi connectivity index (χ2n) is 7.97. The van der Waals surface area contributed by atoms with Gasteiger partial charge < -0.3 is 14.5 Å². The molecule has 0 spiro atoms. The van der Waals surface area contributed by atoms with Gasteiger partial charge in [0, 0.05) is 39.4 Å². The van der Waals surface area contributed by atoms with E-state index in [0.29, 0.717) is 39.3 Å². The van der Waals surface area contributed by atoms with E-state index >= 15 is 0 Å². The molecule has 0 atom stereocenters. The Bertz CT molecular complexity index is 1380. The molecular weight excluding hydrogens is 470 g/mol. The Morgan fingerprint density at radius 3 is 2.44 bits per heavy atom. The van der Waals surface area contributed by atoms with Gasteiger partial charge in [0.15, 0.2) is 0 Å². The van der Waals surface area contributed by atoms with Gasteiger partial charge in [0.2, 0.25) is 0 Å². The summed E-state index contributed by atoms with van der Waals surface area (Å²) in [7, 11) is 3.31. The summed E-state index contributed by atoms with van der Waals surface area (Å²) < 4.78 is 7.50. The molecule has 4 heterocycles. The highest BCUT2D eigenvalue weighted by atomic mass is 32.2. The molecule has 174 valence electrons. The summed E-state index contributed by atoms with van der Waals surface area (Å²) in [5.74, 6) is 1.21. The zero-order valence-corrected chi connectivity index (χ0v) is 20.4. The van der Waals surface area contributed by atoms with Crippen LogP contribution in [0, 0.1) is 0 Å². The third-order valence-electron chi connectivity index (χ3n) is 6.02. The number of methoxy groups -OCH3 is 1. The number of piperazine rings is 1. The van der Waals surface area contributed by atoms with Crippen molar-refractivity contribution in [3.63, 3.8) is 0 Å². The Morgan fingerprint density at radius 2 is 1.74 bits per heavy atom. The average molecular weight is 494 g/mol. The lowest BCUT2D eigenvalue weighted by atomic mass is 10.2. The number of anilines is 2. The number of likely N-dealkylation sites (N-methyl/N-ethyl adjacent to an activating group) is 1. The summed E-state index contributed by atoms with van der Waals surface area (Å²) in [6.45, 7) is 2.83. The molecule has 34 heavy (non-hydrogen) atoms. The van der Waals surface area contributed by atoms with Crippen molar-refractivity contribution in [2.45, 2.75) is 0 Å². The number of ether oxygens (including phenoxy) is 1. The standard InChI is InChI=1S/C24H23N5O3S2/c1-26-23(31)19(34-24(26)33)15-16-21(25-20-9-5-6-10-29(20)22(16)30)28-13-11-27(12-14-28)17-7-3-4-8-18(17)32-2/h3-10,15H,11-14H2,1-2H3. The summed E-state index contributed by atoms with van der Waals surface area (Å²) in [5.41, 5.74) is 1.79. The van der Waals surface area contributed by atoms with Crippen LogP contribution in [0.4, 0.5) is 11.5 Å². The van der Waals surface area contributed by atoms with E-state index in [0.717, 1.165) is 24.5 Å². The first-order valence-electron chi connectivity index (χ1n) is 10.8. The number of carbonyl (C=O) groups is 1. The zero-order chi connectivity index (χ0) is 23.8. The number of nitrogens with zero attached hydrogens (tertiary/aromatic N) is 5. The second-order valence-corrected chi connectivity index (χ2v) is 9.65. The van der Waals surface area contributed by atoms with Gasteiger partial charge in [0.05, 0.1) is 23.3 Å². The van der Waals surface area contributed by atoms with Crippen LogP contribution < -0.4 is 20.1 Å². The SMILES string of the molecule is COc1ccccc1N1CCN(c2nc3ccccn3c(=O)c2C=C2SC(=S)N(C)C2=O)CC1. The fraction of sp³-hybridized carbons (Fsp3) is 0.250. The summed E-state index contributed by atoms with van der Waals surface area (Å²) in [4.78, 5) is 37.2. The van der Waals surface area contributed by atoms with Crippen molar-refractivity contribution >= 4 is 57.4 Å². The summed E-state index contributed by atoms with van der Waals surface area (Å²) in [6, 6.07) is 13.4. The molecule has 0 radical (unpaired) electrons. The van der Waals surface area contributed by atoms with E-state index in [4.69, 9.17) is 21.9 Å². The van der Waals surface area contributed by atoms with Crippen LogP contribution >= 0.6 is 24.0 Å². The predicted octanol–water partition coefficient (Wildman–Crippen LogP) is 2.86. The van der Waals surface area contributed by atoms with Gasteiger partial charge in [-0.15, -0.1) is 0 Å². The molecule has 10 heteroatoms. The summed E-state index contributed by atoms with van der Waals surface area (Å²) in [5, 5.41) is 0. The summed E-state index contributed by atoms with van der Waals surface area (Å²) in [6.07, 6.45) is 3.33. The minimum absolute atomic E-state index is 0.209. The first kappa shape index (κ1) is 22.4. The lowest BCUT2D eigenvalue weighted by Gasteiger charge is -2.37. The van der Waals surface area contributed by atoms with Crippen molar-refractivity contribution in [1.82, 2.24) is 14.3 Å². The van der Waals surface area contributed by atoms with Gasteiger partial charge in [-0.1, -0.05) is 42.2 Å². The Morgan fingerprint density at radius 1 is 1.03 bits per heavy atom. The molecular formula is C24H23N5O3S2. The highest BCUT2D eigenvalue weighted by Gasteiger charge is 2.30. The smallest absolute Gasteiger partial charge is 0.267 e. The van der Waals surface area contributed by atoms with Crippen LogP contribution in [-0.2, 0) is 4.79 Å². The van der Waals surface area contributed by atoms with Crippen molar-refractivity contribution in [3.8, 4) is 5.75 Å². The highest BCUT2D eigenvalue weighted by Crippen LogP contribution is 2.33. The van der Waals surface area contributed by atoms with Crippen molar-refractivity contribution in [1.29, 1.82) is 0 Å². The van der Waals surface area contributed by atoms with Crippen molar-refractivity contribution in [2.24, 2.45) is 0 Å². The molecule has 1 aromatic carbocycles. The van der Waals surface area contributed by atoms with Crippen LogP contribution in [-0.4, -0.2) is 64.8 Å². The molecule has 2 aromatic heterocycles. The molecule has 0 N–H and O–H groups in total. The van der Waals surface area contributed by atoms with E-state index in [9.17, 15) is 9.59 Å². The maximum Gasteiger partial charge on any atom is 0.267 e. The number of pyridine rings is 1. The number of rotatable bonds is 4. The number of thioether (sulfide) groups is 1. The van der Waals surface area contributed by atoms with E-state index in [1.54, 1.807) is 32.5 Å². The zero-order valence-electron chi connectivity index (χ0n) is 18.8. The number of benzene rings is 1. The van der Waals surface area contributed by atoms with Gasteiger partial charge in [0.1, 0.15) is 21.5 Å². The first-order chi connectivity index (χ1) is 16.5. The molecule has 3 aromatic rings. The molecule has 0 saturated carbocycles. The second kappa shape index (κ2) is 9.11. The number of para-hydroxylation sites is 2. The largest absolute Gasteiger partial charge is 0.495 e. The molecule has 0 bridgehead atoms. The highest BCUT2D eigenvalue weighted by molar-refractivity contribution is 8.26. The third-order valence-corrected chi connectivity index (χ3v) is 7.50. The number of fused-ring (bicyclic) bond motifs is 1. The molecule has 2 aliphatic heterocycles. The minimum Gasteiger partial charge on any atom is -0.495 e. The summed E-state index contributed by atoms with van der Waals surface area (Å²) >= 11 is 6.46. The molecule has 0 unspecified atom stereocenters. The Kier molecular flexibility index (Phi) is 6.01. The number of thiocarbonyl (C=S) groups is 1. The minimum atomic E-state index is -0.214. The monoisotopic (exact) mass is 493 g/mol. The lowest BCUT2D eigenvalue weighted by Crippen LogP contribution is -2.47. The Labute approximate surface area is 206 Å². The fourth-order valence-corrected chi connectivity index (χ4v) is 5.35. The average Bonchev–Trinajstić information content (AvgIpc) is 3.12. The number of hydrogen-bond donors (Lipinski definition) is 0. The maximum atomic E-state index is 13.5. The van der Waals surface area contributed by atoms with Crippen LogP contribution in [0.5, 0.6) is 5.75 Å². The van der Waals surface area contributed by atoms with E-state index in [1.807, 2.05) is 36.4 Å². The quantitative estimate of drug-likeness (QED) is 0.406. The molecule has 2 fully saturated rings. The fourth-order valence-electron chi connectivity index (χ4n) is 4.19. The van der Waals surface area contributed by atoms with E-state index in [1.165, 1.54) is 21.1 Å². The maximum absolute atomic E-state index is 13.5. The van der Waals surface area contributed by atoms with E-state index in [-0.39, 0.29) is 11.5 Å². The molecule has 5 rings (SSSR count). The van der Waals surface area contributed by atoms with Gasteiger partial charge in [-0.2, -0.15) is 0 Å². The van der Waals surface area contributed by atoms with Gasteiger partial charge in [-0.25, -0.2) is 4.98 Å². The van der Waals surface area contributed by atoms with Crippen LogP contribution in [0.1, 0.15) is 5.56 Å². The lowest BCUT2D eigenvalue weighted by molar-refractivity contribution is -0.121. The molecule has 2 aliphatic rings. The van der Waals surface area contributed by atoms with Crippen LogP contribution in [0.15, 0.2) is 58.4 Å². The predicted molar refractivity (Wildman–Crippen MR) is 140 cm³/mol. The third kappa shape index (κ3) is 3.92. The normalized spacial score (nSPS) is 17.8. The van der Waals surface area contributed by atoms with Gasteiger partial charge in [0.25, 0.3) is 11.5 Å². The van der Waals surface area contributed by atoms with Crippen LogP contribution in [0.2, 0.25) is 0 Å². The topological polar surface area (TPSA) is 70.4 Å². The van der Waals surface area contributed by atoms with Crippen molar-refractivity contribution in [3.05, 3.63) is 69.5 Å². The molecule has 2 saturated heterocycles. The van der Waals surface area contributed by atoms with Gasteiger partial charge >= 0.3 is 0 Å². The number of aromatic nitrogens is 2. The molecule has 8 nitrogen and oxygen atoms in total.